The average Bonchev–Trinajstić information content (AvgIpc) is 2.21. The van der Waals surface area contributed by atoms with Crippen molar-refractivity contribution in [1.82, 2.24) is 4.73 Å². The van der Waals surface area contributed by atoms with Crippen molar-refractivity contribution >= 4 is 0 Å². The van der Waals surface area contributed by atoms with Gasteiger partial charge in [0.2, 0.25) is 5.43 Å². The molecule has 0 amide bonds. The van der Waals surface area contributed by atoms with Crippen molar-refractivity contribution in [3.63, 3.8) is 0 Å². The lowest BCUT2D eigenvalue weighted by Crippen LogP contribution is -2.30. The maximum atomic E-state index is 11.5. The van der Waals surface area contributed by atoms with Gasteiger partial charge in [-0.15, -0.1) is 0 Å². The van der Waals surface area contributed by atoms with Gasteiger partial charge in [-0.05, 0) is 11.8 Å². The summed E-state index contributed by atoms with van der Waals surface area (Å²) in [5.41, 5.74) is -0.164. The molecule has 0 unspecified atom stereocenters. The predicted octanol–water partition coefficient (Wildman–Crippen LogP) is 2.90. The quantitative estimate of drug-likeness (QED) is 0.811. The van der Waals surface area contributed by atoms with E-state index in [-0.39, 0.29) is 10.8 Å². The lowest BCUT2D eigenvalue weighted by molar-refractivity contribution is 0.144. The third-order valence-electron chi connectivity index (χ3n) is 3.58. The van der Waals surface area contributed by atoms with Gasteiger partial charge in [0.25, 0.3) is 0 Å². The normalized spacial score (nSPS) is 12.7. The summed E-state index contributed by atoms with van der Waals surface area (Å²) in [6.07, 6.45) is 2.91. The first-order valence-corrected chi connectivity index (χ1v) is 6.24. The highest BCUT2D eigenvalue weighted by Crippen LogP contribution is 2.37. The Morgan fingerprint density at radius 1 is 1.28 bits per heavy atom. The molecule has 0 bridgehead atoms. The standard InChI is InChI=1S/C14H23NO3/c1-6-13(2,3)9-14(4,5)12-7-10(16)11(17)8-15(12)18/h7-8,17-18H,6,9H2,1-5H3. The smallest absolute Gasteiger partial charge is 0.223 e. The molecule has 0 aliphatic heterocycles. The molecule has 1 heterocycles. The van der Waals surface area contributed by atoms with Gasteiger partial charge in [-0.2, -0.15) is 4.73 Å². The molecule has 1 rings (SSSR count). The van der Waals surface area contributed by atoms with Crippen LogP contribution in [0.25, 0.3) is 0 Å². The van der Waals surface area contributed by atoms with Crippen LogP contribution >= 0.6 is 0 Å². The van der Waals surface area contributed by atoms with Gasteiger partial charge in [-0.25, -0.2) is 0 Å². The second-order valence-corrected chi connectivity index (χ2v) is 6.33. The van der Waals surface area contributed by atoms with E-state index in [1.807, 2.05) is 13.8 Å². The maximum absolute atomic E-state index is 11.5. The first-order chi connectivity index (χ1) is 8.09. The number of rotatable bonds is 4. The van der Waals surface area contributed by atoms with Crippen molar-refractivity contribution < 1.29 is 10.3 Å². The molecule has 1 aromatic rings. The van der Waals surface area contributed by atoms with Crippen LogP contribution in [0, 0.1) is 5.41 Å². The third-order valence-corrected chi connectivity index (χ3v) is 3.58. The van der Waals surface area contributed by atoms with E-state index in [1.54, 1.807) is 0 Å². The van der Waals surface area contributed by atoms with E-state index >= 15 is 0 Å². The first-order valence-electron chi connectivity index (χ1n) is 6.24. The van der Waals surface area contributed by atoms with Gasteiger partial charge >= 0.3 is 0 Å². The zero-order valence-corrected chi connectivity index (χ0v) is 11.8. The second kappa shape index (κ2) is 4.67. The van der Waals surface area contributed by atoms with E-state index < -0.39 is 11.2 Å². The monoisotopic (exact) mass is 253 g/mol. The molecular formula is C14H23NO3. The summed E-state index contributed by atoms with van der Waals surface area (Å²) >= 11 is 0. The minimum atomic E-state index is -0.460. The number of hydrogen-bond acceptors (Lipinski definition) is 3. The zero-order valence-electron chi connectivity index (χ0n) is 11.8. The molecule has 2 N–H and O–H groups in total. The van der Waals surface area contributed by atoms with E-state index in [0.29, 0.717) is 5.69 Å². The molecular weight excluding hydrogens is 230 g/mol. The fourth-order valence-corrected chi connectivity index (χ4v) is 2.43. The van der Waals surface area contributed by atoms with Crippen LogP contribution in [0.4, 0.5) is 0 Å². The largest absolute Gasteiger partial charge is 0.503 e. The molecule has 0 fully saturated rings. The predicted molar refractivity (Wildman–Crippen MR) is 71.3 cm³/mol. The molecule has 0 aromatic carbocycles. The number of aromatic hydroxyl groups is 1. The van der Waals surface area contributed by atoms with Crippen LogP contribution in [0.2, 0.25) is 0 Å². The number of hydrogen-bond donors (Lipinski definition) is 2. The van der Waals surface area contributed by atoms with Crippen LogP contribution in [0.5, 0.6) is 5.75 Å². The number of pyridine rings is 1. The number of aromatic nitrogens is 1. The van der Waals surface area contributed by atoms with E-state index in [2.05, 4.69) is 20.8 Å². The summed E-state index contributed by atoms with van der Waals surface area (Å²) < 4.78 is 0.850. The fraction of sp³-hybridized carbons (Fsp3) is 0.643. The molecule has 0 atom stereocenters. The third kappa shape index (κ3) is 3.06. The second-order valence-electron chi connectivity index (χ2n) is 6.33. The minimum absolute atomic E-state index is 0.122. The average molecular weight is 253 g/mol. The summed E-state index contributed by atoms with van der Waals surface area (Å²) in [5.74, 6) is -0.438. The van der Waals surface area contributed by atoms with Crippen LogP contribution in [0.1, 0.15) is 53.2 Å². The maximum Gasteiger partial charge on any atom is 0.223 e. The van der Waals surface area contributed by atoms with E-state index in [9.17, 15) is 15.1 Å². The van der Waals surface area contributed by atoms with Gasteiger partial charge in [0.15, 0.2) is 5.75 Å². The highest BCUT2D eigenvalue weighted by Gasteiger charge is 2.31. The van der Waals surface area contributed by atoms with Crippen molar-refractivity contribution in [3.8, 4) is 5.75 Å². The summed E-state index contributed by atoms with van der Waals surface area (Å²) in [6.45, 7) is 10.4. The summed E-state index contributed by atoms with van der Waals surface area (Å²) in [6, 6.07) is 1.31. The van der Waals surface area contributed by atoms with Crippen LogP contribution in [-0.2, 0) is 5.41 Å². The Morgan fingerprint density at radius 3 is 2.33 bits per heavy atom. The molecule has 0 saturated carbocycles. The van der Waals surface area contributed by atoms with Gasteiger partial charge in [0.1, 0.15) is 0 Å². The van der Waals surface area contributed by atoms with Gasteiger partial charge in [0.05, 0.1) is 11.9 Å². The van der Waals surface area contributed by atoms with Crippen molar-refractivity contribution in [2.24, 2.45) is 5.41 Å². The molecule has 0 saturated heterocycles. The topological polar surface area (TPSA) is 62.5 Å². The Bertz CT molecular complexity index is 486. The van der Waals surface area contributed by atoms with Crippen molar-refractivity contribution in [2.45, 2.75) is 52.9 Å². The first kappa shape index (κ1) is 14.6. The summed E-state index contributed by atoms with van der Waals surface area (Å²) in [4.78, 5) is 11.5. The lowest BCUT2D eigenvalue weighted by atomic mass is 9.72. The van der Waals surface area contributed by atoms with E-state index in [0.717, 1.165) is 23.8 Å². The highest BCUT2D eigenvalue weighted by molar-refractivity contribution is 5.24. The van der Waals surface area contributed by atoms with Gasteiger partial charge in [0, 0.05) is 11.5 Å². The molecule has 1 aromatic heterocycles. The van der Waals surface area contributed by atoms with E-state index in [4.69, 9.17) is 0 Å². The van der Waals surface area contributed by atoms with Crippen molar-refractivity contribution in [2.75, 3.05) is 0 Å². The Kier molecular flexibility index (Phi) is 3.79. The summed E-state index contributed by atoms with van der Waals surface area (Å²) in [5, 5.41) is 19.1. The van der Waals surface area contributed by atoms with Crippen LogP contribution in [0.15, 0.2) is 17.1 Å². The Balaban J connectivity index is 3.20. The fourth-order valence-electron chi connectivity index (χ4n) is 2.43. The Labute approximate surface area is 108 Å². The Hall–Kier alpha value is -1.45. The van der Waals surface area contributed by atoms with Crippen LogP contribution < -0.4 is 5.43 Å². The van der Waals surface area contributed by atoms with Crippen LogP contribution in [-0.4, -0.2) is 15.0 Å². The molecule has 4 nitrogen and oxygen atoms in total. The van der Waals surface area contributed by atoms with Crippen LogP contribution in [0.3, 0.4) is 0 Å². The molecule has 102 valence electrons. The minimum Gasteiger partial charge on any atom is -0.503 e. The molecule has 0 aliphatic carbocycles. The SMILES string of the molecule is CCC(C)(C)CC(C)(C)c1cc(=O)c(O)cn1O. The molecule has 18 heavy (non-hydrogen) atoms. The zero-order chi connectivity index (χ0) is 14.1. The molecule has 0 spiro atoms. The highest BCUT2D eigenvalue weighted by atomic mass is 16.5. The van der Waals surface area contributed by atoms with Gasteiger partial charge < -0.3 is 10.3 Å². The molecule has 0 aliphatic rings. The Morgan fingerprint density at radius 2 is 1.83 bits per heavy atom. The van der Waals surface area contributed by atoms with Gasteiger partial charge in [-0.3, -0.25) is 4.79 Å². The molecule has 4 heteroatoms. The molecule has 0 radical (unpaired) electrons. The van der Waals surface area contributed by atoms with Crippen molar-refractivity contribution in [3.05, 3.63) is 28.2 Å². The van der Waals surface area contributed by atoms with E-state index in [1.165, 1.54) is 6.07 Å². The summed E-state index contributed by atoms with van der Waals surface area (Å²) in [7, 11) is 0. The van der Waals surface area contributed by atoms with Gasteiger partial charge in [-0.1, -0.05) is 41.0 Å². The number of nitrogens with zero attached hydrogens (tertiary/aromatic N) is 1. The lowest BCUT2D eigenvalue weighted by Gasteiger charge is -2.35. The van der Waals surface area contributed by atoms with Crippen molar-refractivity contribution in [1.29, 1.82) is 0 Å².